The number of halogens is 1. The van der Waals surface area contributed by atoms with E-state index in [0.717, 1.165) is 5.56 Å². The van der Waals surface area contributed by atoms with Crippen molar-refractivity contribution in [2.24, 2.45) is 0 Å². The Kier molecular flexibility index (Phi) is 4.18. The molecule has 0 aliphatic carbocycles. The SMILES string of the molecule is O=C(NS)c1c(Cl)c(-c2cccnc2)n2c1CN(C(=O)O)CC2. The van der Waals surface area contributed by atoms with E-state index in [1.807, 2.05) is 10.6 Å². The minimum absolute atomic E-state index is 0.0891. The zero-order valence-corrected chi connectivity index (χ0v) is 13.5. The first-order valence-electron chi connectivity index (χ1n) is 6.78. The number of hydrogen-bond acceptors (Lipinski definition) is 4. The molecule has 1 aliphatic rings. The fourth-order valence-electron chi connectivity index (χ4n) is 2.76. The van der Waals surface area contributed by atoms with E-state index in [1.54, 1.807) is 18.5 Å². The highest BCUT2D eigenvalue weighted by molar-refractivity contribution is 7.78. The number of rotatable bonds is 2. The van der Waals surface area contributed by atoms with Crippen molar-refractivity contribution in [1.29, 1.82) is 0 Å². The van der Waals surface area contributed by atoms with Crippen molar-refractivity contribution in [3.05, 3.63) is 40.8 Å². The Hall–Kier alpha value is -2.19. The van der Waals surface area contributed by atoms with Gasteiger partial charge in [-0.3, -0.25) is 14.5 Å². The van der Waals surface area contributed by atoms with Gasteiger partial charge in [-0.1, -0.05) is 24.4 Å². The summed E-state index contributed by atoms with van der Waals surface area (Å²) in [6, 6.07) is 3.61. The number of fused-ring (bicyclic) bond motifs is 1. The van der Waals surface area contributed by atoms with E-state index in [-0.39, 0.29) is 17.1 Å². The van der Waals surface area contributed by atoms with Crippen LogP contribution in [0.2, 0.25) is 5.02 Å². The molecule has 7 nitrogen and oxygen atoms in total. The van der Waals surface area contributed by atoms with E-state index < -0.39 is 12.0 Å². The largest absolute Gasteiger partial charge is 0.465 e. The van der Waals surface area contributed by atoms with Gasteiger partial charge in [0.25, 0.3) is 5.91 Å². The smallest absolute Gasteiger partial charge is 0.407 e. The molecule has 0 bridgehead atoms. The number of nitrogens with zero attached hydrogens (tertiary/aromatic N) is 3. The number of carboxylic acid groups (broad SMARTS) is 1. The first kappa shape index (κ1) is 15.7. The summed E-state index contributed by atoms with van der Waals surface area (Å²) in [6.07, 6.45) is 2.26. The highest BCUT2D eigenvalue weighted by Crippen LogP contribution is 2.37. The number of carbonyl (C=O) groups is 2. The lowest BCUT2D eigenvalue weighted by atomic mass is 10.1. The number of amides is 2. The van der Waals surface area contributed by atoms with E-state index in [0.29, 0.717) is 24.5 Å². The highest BCUT2D eigenvalue weighted by Gasteiger charge is 2.31. The summed E-state index contributed by atoms with van der Waals surface area (Å²) in [5, 5.41) is 9.47. The van der Waals surface area contributed by atoms with Crippen LogP contribution in [0, 0.1) is 0 Å². The van der Waals surface area contributed by atoms with Gasteiger partial charge in [0.2, 0.25) is 0 Å². The number of hydrogen-bond donors (Lipinski definition) is 3. The molecule has 0 fully saturated rings. The molecule has 1 aliphatic heterocycles. The summed E-state index contributed by atoms with van der Waals surface area (Å²) >= 11 is 10.2. The average Bonchev–Trinajstić information content (AvgIpc) is 2.86. The van der Waals surface area contributed by atoms with Gasteiger partial charge in [0.15, 0.2) is 0 Å². The number of aromatic nitrogens is 2. The normalized spacial score (nSPS) is 13.6. The van der Waals surface area contributed by atoms with Crippen molar-refractivity contribution in [3.8, 4) is 11.3 Å². The molecule has 0 unspecified atom stereocenters. The highest BCUT2D eigenvalue weighted by atomic mass is 35.5. The number of thiol groups is 1. The maximum Gasteiger partial charge on any atom is 0.407 e. The van der Waals surface area contributed by atoms with Crippen LogP contribution in [0.25, 0.3) is 11.3 Å². The second-order valence-electron chi connectivity index (χ2n) is 5.02. The van der Waals surface area contributed by atoms with E-state index in [4.69, 9.17) is 11.6 Å². The molecule has 0 aromatic carbocycles. The molecular formula is C14H13ClN4O3S. The van der Waals surface area contributed by atoms with Crippen LogP contribution in [0.15, 0.2) is 24.5 Å². The predicted octanol–water partition coefficient (Wildman–Crippen LogP) is 2.27. The van der Waals surface area contributed by atoms with E-state index in [2.05, 4.69) is 22.5 Å². The summed E-state index contributed by atoms with van der Waals surface area (Å²) < 4.78 is 4.13. The summed E-state index contributed by atoms with van der Waals surface area (Å²) in [4.78, 5) is 28.7. The lowest BCUT2D eigenvalue weighted by Crippen LogP contribution is -2.38. The van der Waals surface area contributed by atoms with Gasteiger partial charge in [0.1, 0.15) is 0 Å². The predicted molar refractivity (Wildman–Crippen MR) is 87.6 cm³/mol. The van der Waals surface area contributed by atoms with Crippen molar-refractivity contribution < 1.29 is 14.7 Å². The first-order chi connectivity index (χ1) is 11.0. The third kappa shape index (κ3) is 2.64. The standard InChI is InChI=1S/C14H13ClN4O3S/c15-11-10(13(20)17-23)9-7-18(14(21)22)4-5-19(9)12(11)8-2-1-3-16-6-8/h1-3,6,23H,4-5,7H2,(H,17,20)(H,21,22). The zero-order valence-electron chi connectivity index (χ0n) is 11.9. The van der Waals surface area contributed by atoms with Crippen LogP contribution in [-0.2, 0) is 13.1 Å². The maximum atomic E-state index is 12.2. The molecule has 0 spiro atoms. The molecule has 0 radical (unpaired) electrons. The average molecular weight is 353 g/mol. The minimum Gasteiger partial charge on any atom is -0.465 e. The molecule has 2 N–H and O–H groups in total. The van der Waals surface area contributed by atoms with Crippen LogP contribution in [0.1, 0.15) is 16.1 Å². The Morgan fingerprint density at radius 3 is 2.78 bits per heavy atom. The minimum atomic E-state index is -1.03. The quantitative estimate of drug-likeness (QED) is 0.723. The van der Waals surface area contributed by atoms with Crippen LogP contribution >= 0.6 is 24.4 Å². The molecule has 2 aromatic heterocycles. The maximum absolute atomic E-state index is 12.2. The van der Waals surface area contributed by atoms with E-state index in [9.17, 15) is 14.7 Å². The van der Waals surface area contributed by atoms with Crippen LogP contribution in [0.3, 0.4) is 0 Å². The van der Waals surface area contributed by atoms with Crippen LogP contribution in [0.5, 0.6) is 0 Å². The summed E-state index contributed by atoms with van der Waals surface area (Å²) in [5.41, 5.74) is 2.22. The van der Waals surface area contributed by atoms with Crippen molar-refractivity contribution in [1.82, 2.24) is 19.2 Å². The van der Waals surface area contributed by atoms with Gasteiger partial charge in [-0.15, -0.1) is 0 Å². The number of pyridine rings is 1. The Balaban J connectivity index is 2.20. The molecule has 0 atom stereocenters. The van der Waals surface area contributed by atoms with Gasteiger partial charge >= 0.3 is 6.09 Å². The number of nitrogens with one attached hydrogen (secondary N) is 1. The van der Waals surface area contributed by atoms with E-state index >= 15 is 0 Å². The Morgan fingerprint density at radius 2 is 2.17 bits per heavy atom. The molecule has 0 saturated heterocycles. The lowest BCUT2D eigenvalue weighted by Gasteiger charge is -2.27. The molecule has 9 heteroatoms. The van der Waals surface area contributed by atoms with Gasteiger partial charge < -0.3 is 14.6 Å². The molecule has 120 valence electrons. The Morgan fingerprint density at radius 1 is 1.39 bits per heavy atom. The topological polar surface area (TPSA) is 87.5 Å². The molecule has 23 heavy (non-hydrogen) atoms. The van der Waals surface area contributed by atoms with Crippen LogP contribution in [-0.4, -0.2) is 38.1 Å². The number of carbonyl (C=O) groups excluding carboxylic acids is 1. The van der Waals surface area contributed by atoms with Crippen molar-refractivity contribution in [2.75, 3.05) is 6.54 Å². The van der Waals surface area contributed by atoms with Crippen LogP contribution < -0.4 is 4.72 Å². The van der Waals surface area contributed by atoms with Crippen molar-refractivity contribution in [3.63, 3.8) is 0 Å². The van der Waals surface area contributed by atoms with Crippen molar-refractivity contribution in [2.45, 2.75) is 13.1 Å². The van der Waals surface area contributed by atoms with Gasteiger partial charge in [0, 0.05) is 31.0 Å². The molecule has 3 rings (SSSR count). The summed E-state index contributed by atoms with van der Waals surface area (Å²) in [7, 11) is 0. The second kappa shape index (κ2) is 6.13. The fraction of sp³-hybridized carbons (Fsp3) is 0.214. The lowest BCUT2D eigenvalue weighted by molar-refractivity contribution is 0.0978. The summed E-state index contributed by atoms with van der Waals surface area (Å²) in [5.74, 6) is -0.468. The van der Waals surface area contributed by atoms with Gasteiger partial charge in [-0.05, 0) is 12.1 Å². The first-order valence-corrected chi connectivity index (χ1v) is 7.60. The second-order valence-corrected chi connectivity index (χ2v) is 5.62. The third-order valence-electron chi connectivity index (χ3n) is 3.78. The molecule has 2 aromatic rings. The summed E-state index contributed by atoms with van der Waals surface area (Å²) in [6.45, 7) is 0.819. The van der Waals surface area contributed by atoms with Gasteiger partial charge in [0.05, 0.1) is 28.5 Å². The molecule has 3 heterocycles. The zero-order chi connectivity index (χ0) is 16.6. The molecular weight excluding hydrogens is 340 g/mol. The van der Waals surface area contributed by atoms with Crippen LogP contribution in [0.4, 0.5) is 4.79 Å². The van der Waals surface area contributed by atoms with Gasteiger partial charge in [-0.25, -0.2) is 4.79 Å². The third-order valence-corrected chi connectivity index (χ3v) is 4.35. The molecule has 2 amide bonds. The monoisotopic (exact) mass is 352 g/mol. The Bertz CT molecular complexity index is 778. The fourth-order valence-corrected chi connectivity index (χ4v) is 3.28. The van der Waals surface area contributed by atoms with E-state index in [1.165, 1.54) is 4.90 Å². The van der Waals surface area contributed by atoms with Gasteiger partial charge in [-0.2, -0.15) is 0 Å². The van der Waals surface area contributed by atoms with Crippen molar-refractivity contribution >= 4 is 36.4 Å². The molecule has 0 saturated carbocycles. The Labute approximate surface area is 142 Å².